The van der Waals surface area contributed by atoms with Gasteiger partial charge in [0.25, 0.3) is 0 Å². The fourth-order valence-corrected chi connectivity index (χ4v) is 4.34. The molecule has 0 bridgehead atoms. The van der Waals surface area contributed by atoms with E-state index in [1.807, 2.05) is 6.07 Å². The Morgan fingerprint density at radius 1 is 1.14 bits per heavy atom. The molecule has 1 saturated heterocycles. The van der Waals surface area contributed by atoms with E-state index < -0.39 is 23.9 Å². The van der Waals surface area contributed by atoms with Gasteiger partial charge in [-0.05, 0) is 57.8 Å². The Kier molecular flexibility index (Phi) is 7.19. The average Bonchev–Trinajstić information content (AvgIpc) is 2.98. The van der Waals surface area contributed by atoms with E-state index >= 15 is 0 Å². The highest BCUT2D eigenvalue weighted by Gasteiger charge is 2.40. The fourth-order valence-electron chi connectivity index (χ4n) is 4.34. The summed E-state index contributed by atoms with van der Waals surface area (Å²) in [5.74, 6) is 0.185. The minimum absolute atomic E-state index is 0.0331. The maximum absolute atomic E-state index is 13.7. The van der Waals surface area contributed by atoms with Gasteiger partial charge >= 0.3 is 6.09 Å². The number of nitrogens with zero attached hydrogens (tertiary/aromatic N) is 3. The largest absolute Gasteiger partial charge is 0.444 e. The molecule has 0 aromatic heterocycles. The fraction of sp³-hybridized carbons (Fsp3) is 0.864. The van der Waals surface area contributed by atoms with Gasteiger partial charge in [-0.2, -0.15) is 5.26 Å². The van der Waals surface area contributed by atoms with Crippen LogP contribution in [-0.2, 0) is 9.53 Å². The van der Waals surface area contributed by atoms with Gasteiger partial charge in [-0.1, -0.05) is 20.8 Å². The van der Waals surface area contributed by atoms with Crippen LogP contribution < -0.4 is 0 Å². The van der Waals surface area contributed by atoms with E-state index in [0.29, 0.717) is 5.92 Å². The third kappa shape index (κ3) is 6.32. The quantitative estimate of drug-likeness (QED) is 0.697. The highest BCUT2D eigenvalue weighted by molar-refractivity contribution is 5.83. The topological polar surface area (TPSA) is 73.6 Å². The van der Waals surface area contributed by atoms with Crippen molar-refractivity contribution >= 4 is 12.0 Å². The molecule has 2 rings (SSSR count). The van der Waals surface area contributed by atoms with Crippen LogP contribution in [0.3, 0.4) is 0 Å². The summed E-state index contributed by atoms with van der Waals surface area (Å²) in [5.41, 5.74) is -0.461. The Labute approximate surface area is 174 Å². The molecule has 1 aliphatic heterocycles. The van der Waals surface area contributed by atoms with E-state index in [2.05, 4.69) is 20.8 Å². The van der Waals surface area contributed by atoms with Crippen LogP contribution in [0.5, 0.6) is 0 Å². The molecule has 0 radical (unpaired) electrons. The molecule has 2 amide bonds. The van der Waals surface area contributed by atoms with Crippen LogP contribution >= 0.6 is 0 Å². The highest BCUT2D eigenvalue weighted by Crippen LogP contribution is 2.39. The van der Waals surface area contributed by atoms with Gasteiger partial charge in [0.15, 0.2) is 0 Å². The third-order valence-corrected chi connectivity index (χ3v) is 6.02. The summed E-state index contributed by atoms with van der Waals surface area (Å²) in [6.07, 6.45) is 1.91. The van der Waals surface area contributed by atoms with E-state index in [1.165, 1.54) is 9.80 Å². The van der Waals surface area contributed by atoms with Crippen molar-refractivity contribution in [3.63, 3.8) is 0 Å². The number of carbonyl (C=O) groups is 2. The van der Waals surface area contributed by atoms with Gasteiger partial charge in [0, 0.05) is 12.5 Å². The zero-order valence-electron chi connectivity index (χ0n) is 18.7. The number of ether oxygens (including phenoxy) is 1. The summed E-state index contributed by atoms with van der Waals surface area (Å²) in [7, 11) is 0. The number of halogens is 1. The first kappa shape index (κ1) is 23.4. The first-order valence-corrected chi connectivity index (χ1v) is 10.6. The number of carbonyl (C=O) groups excluding carboxylic acids is 2. The molecule has 0 aromatic rings. The Morgan fingerprint density at radius 3 is 2.21 bits per heavy atom. The van der Waals surface area contributed by atoms with Crippen molar-refractivity contribution in [1.29, 1.82) is 5.26 Å². The molecule has 0 spiro atoms. The van der Waals surface area contributed by atoms with E-state index in [-0.39, 0.29) is 36.9 Å². The molecule has 2 atom stereocenters. The Hall–Kier alpha value is -1.84. The minimum Gasteiger partial charge on any atom is -0.444 e. The number of hydrogen-bond acceptors (Lipinski definition) is 4. The third-order valence-electron chi connectivity index (χ3n) is 6.02. The molecule has 0 aromatic carbocycles. The van der Waals surface area contributed by atoms with E-state index in [9.17, 15) is 19.2 Å². The van der Waals surface area contributed by atoms with E-state index in [4.69, 9.17) is 4.74 Å². The van der Waals surface area contributed by atoms with Gasteiger partial charge in [-0.3, -0.25) is 9.69 Å². The van der Waals surface area contributed by atoms with Crippen LogP contribution in [0.4, 0.5) is 9.18 Å². The smallest absolute Gasteiger partial charge is 0.411 e. The lowest BCUT2D eigenvalue weighted by atomic mass is 9.71. The molecule has 0 N–H and O–H groups in total. The van der Waals surface area contributed by atoms with Crippen LogP contribution in [-0.4, -0.2) is 58.7 Å². The van der Waals surface area contributed by atoms with Crippen molar-refractivity contribution in [2.24, 2.45) is 11.3 Å². The second kappa shape index (κ2) is 8.89. The first-order chi connectivity index (χ1) is 13.3. The monoisotopic (exact) mass is 409 g/mol. The second-order valence-electron chi connectivity index (χ2n) is 10.5. The summed E-state index contributed by atoms with van der Waals surface area (Å²) in [4.78, 5) is 28.5. The second-order valence-corrected chi connectivity index (χ2v) is 10.5. The lowest BCUT2D eigenvalue weighted by Gasteiger charge is -2.41. The van der Waals surface area contributed by atoms with E-state index in [1.54, 1.807) is 20.8 Å². The molecule has 1 saturated carbocycles. The molecule has 2 aliphatic rings. The Bertz CT molecular complexity index is 639. The van der Waals surface area contributed by atoms with Crippen molar-refractivity contribution in [2.45, 2.75) is 97.5 Å². The Morgan fingerprint density at radius 2 is 1.72 bits per heavy atom. The molecule has 1 aliphatic carbocycles. The highest BCUT2D eigenvalue weighted by atomic mass is 19.1. The van der Waals surface area contributed by atoms with E-state index in [0.717, 1.165) is 25.7 Å². The number of rotatable bonds is 3. The molecule has 6 nitrogen and oxygen atoms in total. The minimum atomic E-state index is -1.19. The van der Waals surface area contributed by atoms with Gasteiger partial charge in [0.2, 0.25) is 5.91 Å². The van der Waals surface area contributed by atoms with Crippen LogP contribution in [0.1, 0.15) is 73.6 Å². The molecule has 1 heterocycles. The normalized spacial score (nSPS) is 28.0. The van der Waals surface area contributed by atoms with Gasteiger partial charge < -0.3 is 9.64 Å². The number of hydrogen-bond donors (Lipinski definition) is 0. The van der Waals surface area contributed by atoms with Crippen molar-refractivity contribution in [3.8, 4) is 6.07 Å². The molecule has 2 unspecified atom stereocenters. The number of likely N-dealkylation sites (tertiary alicyclic amines) is 1. The average molecular weight is 410 g/mol. The molecule has 164 valence electrons. The van der Waals surface area contributed by atoms with Gasteiger partial charge in [0.1, 0.15) is 24.4 Å². The zero-order valence-corrected chi connectivity index (χ0v) is 18.7. The maximum Gasteiger partial charge on any atom is 0.411 e. The number of alkyl halides is 1. The maximum atomic E-state index is 13.7. The van der Waals surface area contributed by atoms with Gasteiger partial charge in [-0.25, -0.2) is 9.18 Å². The molecule has 2 fully saturated rings. The molecule has 7 heteroatoms. The van der Waals surface area contributed by atoms with Crippen LogP contribution in [0.2, 0.25) is 0 Å². The van der Waals surface area contributed by atoms with Crippen molar-refractivity contribution in [2.75, 3.05) is 13.1 Å². The lowest BCUT2D eigenvalue weighted by Crippen LogP contribution is -2.51. The summed E-state index contributed by atoms with van der Waals surface area (Å²) in [6.45, 7) is 11.8. The molecular weight excluding hydrogens is 373 g/mol. The first-order valence-electron chi connectivity index (χ1n) is 10.6. The van der Waals surface area contributed by atoms with Gasteiger partial charge in [0.05, 0.1) is 12.6 Å². The van der Waals surface area contributed by atoms with Crippen molar-refractivity contribution < 1.29 is 18.7 Å². The number of nitriles is 1. The summed E-state index contributed by atoms with van der Waals surface area (Å²) in [6, 6.07) is 1.14. The Balaban J connectivity index is 2.13. The van der Waals surface area contributed by atoms with Crippen LogP contribution in [0.15, 0.2) is 0 Å². The van der Waals surface area contributed by atoms with Gasteiger partial charge in [-0.15, -0.1) is 0 Å². The van der Waals surface area contributed by atoms with Crippen molar-refractivity contribution in [3.05, 3.63) is 0 Å². The summed E-state index contributed by atoms with van der Waals surface area (Å²) >= 11 is 0. The predicted octanol–water partition coefficient (Wildman–Crippen LogP) is 4.29. The summed E-state index contributed by atoms with van der Waals surface area (Å²) in [5, 5.41) is 9.24. The van der Waals surface area contributed by atoms with Crippen molar-refractivity contribution in [1.82, 2.24) is 9.80 Å². The molecular formula is C22H36FN3O3. The standard InChI is InChI=1S/C22H36FN3O3/c1-21(2,3)15-7-9-17(10-8-15)26(20(28)29-22(4,5)6)14-19(27)25-13-16(23)11-18(25)12-24/h15-18H,7-11,13-14H2,1-6H3. The molecule has 29 heavy (non-hydrogen) atoms. The predicted molar refractivity (Wildman–Crippen MR) is 109 cm³/mol. The lowest BCUT2D eigenvalue weighted by molar-refractivity contribution is -0.133. The number of amides is 2. The zero-order chi connectivity index (χ0) is 22.0. The summed E-state index contributed by atoms with van der Waals surface area (Å²) < 4.78 is 19.3. The van der Waals surface area contributed by atoms with Crippen LogP contribution in [0.25, 0.3) is 0 Å². The van der Waals surface area contributed by atoms with Crippen LogP contribution in [0, 0.1) is 22.7 Å². The SMILES string of the molecule is CC(C)(C)OC(=O)N(CC(=O)N1CC(F)CC1C#N)C1CCC(C(C)(C)C)CC1.